The number of likely N-dealkylation sites (tertiary alicyclic amines) is 1. The Bertz CT molecular complexity index is 950. The maximum atomic E-state index is 12.7. The van der Waals surface area contributed by atoms with Crippen LogP contribution >= 0.6 is 11.6 Å². The van der Waals surface area contributed by atoms with Gasteiger partial charge in [-0.3, -0.25) is 14.8 Å². The molecule has 4 rings (SSSR count). The Kier molecular flexibility index (Phi) is 5.07. The molecule has 1 atom stereocenters. The van der Waals surface area contributed by atoms with Gasteiger partial charge in [-0.05, 0) is 25.0 Å². The third kappa shape index (κ3) is 3.95. The van der Waals surface area contributed by atoms with E-state index >= 15 is 0 Å². The van der Waals surface area contributed by atoms with Crippen LogP contribution in [-0.2, 0) is 0 Å². The average molecular weight is 380 g/mol. The first-order valence-electron chi connectivity index (χ1n) is 8.84. The molecule has 136 valence electrons. The zero-order valence-corrected chi connectivity index (χ0v) is 15.4. The minimum atomic E-state index is -0.0910. The summed E-state index contributed by atoms with van der Waals surface area (Å²) in [6.07, 6.45) is 10.0. The maximum Gasteiger partial charge on any atom is 0.274 e. The van der Waals surface area contributed by atoms with Crippen molar-refractivity contribution in [2.75, 3.05) is 13.1 Å². The van der Waals surface area contributed by atoms with Gasteiger partial charge in [0.2, 0.25) is 0 Å². The van der Waals surface area contributed by atoms with Crippen molar-refractivity contribution in [1.29, 1.82) is 0 Å². The second-order valence-electron chi connectivity index (χ2n) is 6.52. The first-order valence-corrected chi connectivity index (χ1v) is 9.21. The van der Waals surface area contributed by atoms with E-state index in [1.54, 1.807) is 18.6 Å². The summed E-state index contributed by atoms with van der Waals surface area (Å²) in [6.45, 7) is 1.32. The Morgan fingerprint density at radius 3 is 2.89 bits per heavy atom. The fourth-order valence-electron chi connectivity index (χ4n) is 3.34. The number of hydrogen-bond donors (Lipinski definition) is 0. The molecule has 7 heteroatoms. The Morgan fingerprint density at radius 1 is 1.15 bits per heavy atom. The molecule has 3 heterocycles. The van der Waals surface area contributed by atoms with Crippen molar-refractivity contribution in [3.05, 3.63) is 71.7 Å². The predicted octanol–water partition coefficient (Wildman–Crippen LogP) is 3.61. The number of piperidine rings is 1. The van der Waals surface area contributed by atoms with Gasteiger partial charge in [-0.25, -0.2) is 9.97 Å². The van der Waals surface area contributed by atoms with Gasteiger partial charge in [0.25, 0.3) is 5.91 Å². The zero-order valence-electron chi connectivity index (χ0n) is 14.6. The van der Waals surface area contributed by atoms with Crippen molar-refractivity contribution in [3.63, 3.8) is 0 Å². The summed E-state index contributed by atoms with van der Waals surface area (Å²) in [5.74, 6) is 0.0535. The Labute approximate surface area is 162 Å². The summed E-state index contributed by atoms with van der Waals surface area (Å²) < 4.78 is 0. The summed E-state index contributed by atoms with van der Waals surface area (Å²) in [6, 6.07) is 7.57. The van der Waals surface area contributed by atoms with E-state index in [4.69, 9.17) is 16.6 Å². The Morgan fingerprint density at radius 2 is 2.07 bits per heavy atom. The number of nitrogens with zero attached hydrogens (tertiary/aromatic N) is 5. The summed E-state index contributed by atoms with van der Waals surface area (Å²) in [5, 5.41) is 0.665. The van der Waals surface area contributed by atoms with Crippen LogP contribution in [0.1, 0.15) is 34.9 Å². The van der Waals surface area contributed by atoms with Crippen LogP contribution in [0.25, 0.3) is 11.3 Å². The van der Waals surface area contributed by atoms with Gasteiger partial charge in [0.05, 0.1) is 23.8 Å². The number of rotatable bonds is 3. The number of amides is 1. The van der Waals surface area contributed by atoms with Crippen LogP contribution < -0.4 is 0 Å². The molecule has 0 radical (unpaired) electrons. The first-order chi connectivity index (χ1) is 13.2. The van der Waals surface area contributed by atoms with E-state index in [9.17, 15) is 4.79 Å². The molecule has 0 aliphatic carbocycles. The van der Waals surface area contributed by atoms with Crippen LogP contribution in [0, 0.1) is 0 Å². The Balaban J connectivity index is 1.55. The van der Waals surface area contributed by atoms with Crippen LogP contribution in [0.2, 0.25) is 5.02 Å². The molecule has 1 saturated heterocycles. The van der Waals surface area contributed by atoms with Gasteiger partial charge in [0.1, 0.15) is 5.69 Å². The van der Waals surface area contributed by atoms with Gasteiger partial charge in [0, 0.05) is 48.2 Å². The van der Waals surface area contributed by atoms with Gasteiger partial charge in [-0.2, -0.15) is 0 Å². The van der Waals surface area contributed by atoms with Crippen molar-refractivity contribution < 1.29 is 4.79 Å². The molecule has 0 bridgehead atoms. The van der Waals surface area contributed by atoms with Crippen molar-refractivity contribution >= 4 is 17.5 Å². The van der Waals surface area contributed by atoms with Crippen LogP contribution in [0.15, 0.2) is 55.2 Å². The minimum absolute atomic E-state index is 0.0910. The standard InChI is InChI=1S/C20H18ClN5O/c21-16-5-1-3-14(9-16)17-10-23-11-18(25-17)15-4-2-8-26(13-15)20(27)19-12-22-6-7-24-19/h1,3,5-7,9-12,15H,2,4,8,13H2. The van der Waals surface area contributed by atoms with Crippen molar-refractivity contribution in [2.24, 2.45) is 0 Å². The van der Waals surface area contributed by atoms with E-state index in [0.29, 0.717) is 23.8 Å². The second kappa shape index (κ2) is 7.80. The molecule has 1 aromatic carbocycles. The molecule has 0 N–H and O–H groups in total. The monoisotopic (exact) mass is 379 g/mol. The number of carbonyl (C=O) groups excluding carboxylic acids is 1. The van der Waals surface area contributed by atoms with Crippen molar-refractivity contribution in [2.45, 2.75) is 18.8 Å². The van der Waals surface area contributed by atoms with E-state index < -0.39 is 0 Å². The van der Waals surface area contributed by atoms with Crippen LogP contribution in [0.4, 0.5) is 0 Å². The molecular weight excluding hydrogens is 362 g/mol. The quantitative estimate of drug-likeness (QED) is 0.695. The molecule has 1 aliphatic rings. The largest absolute Gasteiger partial charge is 0.337 e. The number of benzene rings is 1. The summed E-state index contributed by atoms with van der Waals surface area (Å²) in [7, 11) is 0. The zero-order chi connectivity index (χ0) is 18.6. The molecule has 1 aliphatic heterocycles. The summed E-state index contributed by atoms with van der Waals surface area (Å²) in [4.78, 5) is 31.8. The fourth-order valence-corrected chi connectivity index (χ4v) is 3.53. The summed E-state index contributed by atoms with van der Waals surface area (Å²) in [5.41, 5.74) is 2.98. The third-order valence-corrected chi connectivity index (χ3v) is 4.92. The van der Waals surface area contributed by atoms with Gasteiger partial charge in [0.15, 0.2) is 0 Å². The normalized spacial score (nSPS) is 16.9. The highest BCUT2D eigenvalue weighted by molar-refractivity contribution is 6.30. The van der Waals surface area contributed by atoms with Gasteiger partial charge >= 0.3 is 0 Å². The van der Waals surface area contributed by atoms with Gasteiger partial charge in [-0.15, -0.1) is 0 Å². The first kappa shape index (κ1) is 17.5. The molecule has 0 saturated carbocycles. The van der Waals surface area contributed by atoms with E-state index in [-0.39, 0.29) is 11.8 Å². The number of hydrogen-bond acceptors (Lipinski definition) is 5. The van der Waals surface area contributed by atoms with Crippen LogP contribution in [0.5, 0.6) is 0 Å². The van der Waals surface area contributed by atoms with Gasteiger partial charge in [-0.1, -0.05) is 23.7 Å². The second-order valence-corrected chi connectivity index (χ2v) is 6.96. The summed E-state index contributed by atoms with van der Waals surface area (Å²) >= 11 is 6.09. The maximum absolute atomic E-state index is 12.7. The molecule has 0 spiro atoms. The highest BCUT2D eigenvalue weighted by Gasteiger charge is 2.27. The number of carbonyl (C=O) groups is 1. The lowest BCUT2D eigenvalue weighted by Gasteiger charge is -2.32. The molecule has 27 heavy (non-hydrogen) atoms. The van der Waals surface area contributed by atoms with Crippen molar-refractivity contribution in [3.8, 4) is 11.3 Å². The molecule has 1 fully saturated rings. The van der Waals surface area contributed by atoms with Crippen LogP contribution in [-0.4, -0.2) is 43.8 Å². The lowest BCUT2D eigenvalue weighted by Crippen LogP contribution is -2.39. The van der Waals surface area contributed by atoms with Gasteiger partial charge < -0.3 is 4.90 Å². The minimum Gasteiger partial charge on any atom is -0.337 e. The Hall–Kier alpha value is -2.86. The smallest absolute Gasteiger partial charge is 0.274 e. The average Bonchev–Trinajstić information content (AvgIpc) is 2.74. The predicted molar refractivity (Wildman–Crippen MR) is 102 cm³/mol. The molecule has 1 amide bonds. The van der Waals surface area contributed by atoms with E-state index in [2.05, 4.69) is 15.0 Å². The number of halogens is 1. The third-order valence-electron chi connectivity index (χ3n) is 4.68. The van der Waals surface area contributed by atoms with Crippen molar-refractivity contribution in [1.82, 2.24) is 24.8 Å². The van der Waals surface area contributed by atoms with Crippen LogP contribution in [0.3, 0.4) is 0 Å². The van der Waals surface area contributed by atoms with E-state index in [0.717, 1.165) is 29.8 Å². The molecule has 1 unspecified atom stereocenters. The van der Waals surface area contributed by atoms with E-state index in [1.165, 1.54) is 12.4 Å². The highest BCUT2D eigenvalue weighted by atomic mass is 35.5. The molecule has 3 aromatic rings. The topological polar surface area (TPSA) is 71.9 Å². The lowest BCUT2D eigenvalue weighted by atomic mass is 9.94. The SMILES string of the molecule is O=C(c1cnccn1)N1CCCC(c2cncc(-c3cccc(Cl)c3)n2)C1. The van der Waals surface area contributed by atoms with E-state index in [1.807, 2.05) is 29.2 Å². The molecule has 6 nitrogen and oxygen atoms in total. The molecule has 2 aromatic heterocycles. The molecular formula is C20H18ClN5O. The number of aromatic nitrogens is 4. The highest BCUT2D eigenvalue weighted by Crippen LogP contribution is 2.28. The fraction of sp³-hybridized carbons (Fsp3) is 0.250. The lowest BCUT2D eigenvalue weighted by molar-refractivity contribution is 0.0699.